The van der Waals surface area contributed by atoms with Crippen LogP contribution in [-0.4, -0.2) is 23.4 Å². The number of halogens is 1. The first kappa shape index (κ1) is 15.6. The van der Waals surface area contributed by atoms with Crippen LogP contribution in [0, 0.1) is 10.1 Å². The molecule has 2 aromatic carbocycles. The van der Waals surface area contributed by atoms with E-state index in [1.807, 2.05) is 0 Å². The van der Waals surface area contributed by atoms with Gasteiger partial charge in [0.1, 0.15) is 0 Å². The highest BCUT2D eigenvalue weighted by Crippen LogP contribution is 2.36. The Hall–Kier alpha value is -2.80. The monoisotopic (exact) mass is 321 g/mol. The predicted octanol–water partition coefficient (Wildman–Crippen LogP) is 3.41. The van der Waals surface area contributed by atoms with Gasteiger partial charge in [0.05, 0.1) is 23.9 Å². The first-order valence-corrected chi connectivity index (χ1v) is 6.49. The van der Waals surface area contributed by atoms with E-state index in [1.165, 1.54) is 25.5 Å². The zero-order chi connectivity index (χ0) is 16.1. The molecule has 0 amide bonds. The van der Waals surface area contributed by atoms with Crippen LogP contribution in [-0.2, 0) is 0 Å². The van der Waals surface area contributed by atoms with Gasteiger partial charge in [0, 0.05) is 16.7 Å². The summed E-state index contributed by atoms with van der Waals surface area (Å²) in [5, 5.41) is 25.1. The second kappa shape index (κ2) is 6.77. The van der Waals surface area contributed by atoms with E-state index in [9.17, 15) is 15.2 Å². The van der Waals surface area contributed by atoms with Gasteiger partial charge < -0.3 is 9.84 Å². The van der Waals surface area contributed by atoms with E-state index in [0.29, 0.717) is 16.3 Å². The molecule has 114 valence electrons. The van der Waals surface area contributed by atoms with Gasteiger partial charge in [0.15, 0.2) is 5.75 Å². The lowest BCUT2D eigenvalue weighted by Crippen LogP contribution is -1.96. The standard InChI is InChI=1S/C14H12ClN3O4/c1-22-13-6-9(5-12(14(13)19)18(20)21)8-16-17-11-4-2-3-10(15)7-11/h2-8,17,19H,1H3/b16-8-. The average molecular weight is 322 g/mol. The Labute approximate surface area is 130 Å². The Balaban J connectivity index is 2.23. The third-order valence-electron chi connectivity index (χ3n) is 2.73. The molecular formula is C14H12ClN3O4. The van der Waals surface area contributed by atoms with E-state index in [-0.39, 0.29) is 5.75 Å². The predicted molar refractivity (Wildman–Crippen MR) is 84.0 cm³/mol. The second-order valence-electron chi connectivity index (χ2n) is 4.23. The molecule has 2 aromatic rings. The fourth-order valence-electron chi connectivity index (χ4n) is 1.72. The summed E-state index contributed by atoms with van der Waals surface area (Å²) in [5.41, 5.74) is 3.36. The van der Waals surface area contributed by atoms with Crippen molar-refractivity contribution in [3.8, 4) is 11.5 Å². The number of ether oxygens (including phenoxy) is 1. The lowest BCUT2D eigenvalue weighted by Gasteiger charge is -2.05. The molecule has 0 aromatic heterocycles. The number of hydrogen-bond acceptors (Lipinski definition) is 6. The first-order valence-electron chi connectivity index (χ1n) is 6.11. The summed E-state index contributed by atoms with van der Waals surface area (Å²) in [6, 6.07) is 9.56. The maximum Gasteiger partial charge on any atom is 0.315 e. The lowest BCUT2D eigenvalue weighted by atomic mass is 10.2. The number of rotatable bonds is 5. The number of phenols is 1. The van der Waals surface area contributed by atoms with Gasteiger partial charge in [-0.1, -0.05) is 17.7 Å². The summed E-state index contributed by atoms with van der Waals surface area (Å²) in [6.45, 7) is 0. The molecule has 0 radical (unpaired) electrons. The van der Waals surface area contributed by atoms with Crippen LogP contribution >= 0.6 is 11.6 Å². The number of anilines is 1. The van der Waals surface area contributed by atoms with Crippen LogP contribution in [0.3, 0.4) is 0 Å². The molecule has 0 spiro atoms. The third kappa shape index (κ3) is 3.64. The molecule has 0 atom stereocenters. The van der Waals surface area contributed by atoms with Crippen molar-refractivity contribution < 1.29 is 14.8 Å². The minimum Gasteiger partial charge on any atom is -0.500 e. The highest BCUT2D eigenvalue weighted by molar-refractivity contribution is 6.30. The number of hydrogen-bond donors (Lipinski definition) is 2. The van der Waals surface area contributed by atoms with E-state index < -0.39 is 16.4 Å². The molecular weight excluding hydrogens is 310 g/mol. The number of nitro groups is 1. The maximum absolute atomic E-state index is 10.9. The zero-order valence-corrected chi connectivity index (χ0v) is 12.2. The molecule has 0 aliphatic rings. The number of benzene rings is 2. The van der Waals surface area contributed by atoms with Crippen LogP contribution in [0.25, 0.3) is 0 Å². The summed E-state index contributed by atoms with van der Waals surface area (Å²) in [5.74, 6) is -0.522. The maximum atomic E-state index is 10.9. The van der Waals surface area contributed by atoms with E-state index in [4.69, 9.17) is 16.3 Å². The van der Waals surface area contributed by atoms with E-state index in [1.54, 1.807) is 24.3 Å². The second-order valence-corrected chi connectivity index (χ2v) is 4.66. The molecule has 22 heavy (non-hydrogen) atoms. The minimum absolute atomic E-state index is 0.00148. The molecule has 0 aliphatic carbocycles. The average Bonchev–Trinajstić information content (AvgIpc) is 2.48. The molecule has 0 saturated carbocycles. The fourth-order valence-corrected chi connectivity index (χ4v) is 1.91. The smallest absolute Gasteiger partial charge is 0.315 e. The quantitative estimate of drug-likeness (QED) is 0.499. The van der Waals surface area contributed by atoms with Crippen molar-refractivity contribution in [2.24, 2.45) is 5.10 Å². The molecule has 0 aliphatic heterocycles. The van der Waals surface area contributed by atoms with Crippen LogP contribution in [0.1, 0.15) is 5.56 Å². The van der Waals surface area contributed by atoms with Crippen molar-refractivity contribution in [1.29, 1.82) is 0 Å². The van der Waals surface area contributed by atoms with Gasteiger partial charge in [0.2, 0.25) is 5.75 Å². The van der Waals surface area contributed by atoms with Gasteiger partial charge in [0.25, 0.3) is 0 Å². The van der Waals surface area contributed by atoms with Crippen LogP contribution in [0.15, 0.2) is 41.5 Å². The number of nitro benzene ring substituents is 1. The highest BCUT2D eigenvalue weighted by Gasteiger charge is 2.19. The normalized spacial score (nSPS) is 10.6. The third-order valence-corrected chi connectivity index (χ3v) is 2.96. The van der Waals surface area contributed by atoms with E-state index >= 15 is 0 Å². The van der Waals surface area contributed by atoms with Crippen molar-refractivity contribution in [1.82, 2.24) is 0 Å². The van der Waals surface area contributed by atoms with E-state index in [0.717, 1.165) is 0 Å². The van der Waals surface area contributed by atoms with Crippen LogP contribution in [0.4, 0.5) is 11.4 Å². The fraction of sp³-hybridized carbons (Fsp3) is 0.0714. The van der Waals surface area contributed by atoms with Crippen molar-refractivity contribution in [3.05, 3.63) is 57.1 Å². The van der Waals surface area contributed by atoms with Crippen molar-refractivity contribution in [3.63, 3.8) is 0 Å². The Morgan fingerprint density at radius 2 is 2.18 bits per heavy atom. The van der Waals surface area contributed by atoms with Gasteiger partial charge in [-0.2, -0.15) is 5.10 Å². The number of nitrogens with one attached hydrogen (secondary N) is 1. The summed E-state index contributed by atoms with van der Waals surface area (Å²) in [4.78, 5) is 10.2. The molecule has 0 unspecified atom stereocenters. The van der Waals surface area contributed by atoms with Crippen LogP contribution < -0.4 is 10.2 Å². The Morgan fingerprint density at radius 3 is 2.82 bits per heavy atom. The molecule has 0 heterocycles. The summed E-state index contributed by atoms with van der Waals surface area (Å²) >= 11 is 5.84. The van der Waals surface area contributed by atoms with Crippen molar-refractivity contribution >= 4 is 29.2 Å². The molecule has 2 N–H and O–H groups in total. The topological polar surface area (TPSA) is 97.0 Å². The number of phenolic OH excluding ortho intramolecular Hbond substituents is 1. The summed E-state index contributed by atoms with van der Waals surface area (Å²) < 4.78 is 4.90. The molecule has 7 nitrogen and oxygen atoms in total. The van der Waals surface area contributed by atoms with Gasteiger partial charge >= 0.3 is 5.69 Å². The van der Waals surface area contributed by atoms with Gasteiger partial charge in [-0.05, 0) is 24.3 Å². The Kier molecular flexibility index (Phi) is 4.80. The number of nitrogens with zero attached hydrogens (tertiary/aromatic N) is 2. The number of hydrazone groups is 1. The molecule has 0 saturated heterocycles. The molecule has 0 bridgehead atoms. The summed E-state index contributed by atoms with van der Waals surface area (Å²) in [6.07, 6.45) is 1.37. The molecule has 2 rings (SSSR count). The Bertz CT molecular complexity index is 734. The van der Waals surface area contributed by atoms with Crippen LogP contribution in [0.5, 0.6) is 11.5 Å². The van der Waals surface area contributed by atoms with Crippen molar-refractivity contribution in [2.75, 3.05) is 12.5 Å². The first-order chi connectivity index (χ1) is 10.5. The molecule has 8 heteroatoms. The van der Waals surface area contributed by atoms with Gasteiger partial charge in [-0.25, -0.2) is 0 Å². The van der Waals surface area contributed by atoms with Gasteiger partial charge in [-0.3, -0.25) is 15.5 Å². The number of methoxy groups -OCH3 is 1. The van der Waals surface area contributed by atoms with Gasteiger partial charge in [-0.15, -0.1) is 0 Å². The Morgan fingerprint density at radius 1 is 1.41 bits per heavy atom. The van der Waals surface area contributed by atoms with Crippen molar-refractivity contribution in [2.45, 2.75) is 0 Å². The minimum atomic E-state index is -0.695. The largest absolute Gasteiger partial charge is 0.500 e. The van der Waals surface area contributed by atoms with Crippen LogP contribution in [0.2, 0.25) is 5.02 Å². The lowest BCUT2D eigenvalue weighted by molar-refractivity contribution is -0.386. The van der Waals surface area contributed by atoms with E-state index in [2.05, 4.69) is 10.5 Å². The zero-order valence-electron chi connectivity index (χ0n) is 11.5. The highest BCUT2D eigenvalue weighted by atomic mass is 35.5. The number of aromatic hydroxyl groups is 1. The SMILES string of the molecule is COc1cc(/C=N\Nc2cccc(Cl)c2)cc([N+](=O)[O-])c1O. The molecule has 0 fully saturated rings. The summed E-state index contributed by atoms with van der Waals surface area (Å²) in [7, 11) is 1.31.